The Balaban J connectivity index is 2.06. The van der Waals surface area contributed by atoms with Crippen LogP contribution in [0, 0.1) is 11.3 Å². The number of fused-ring (bicyclic) bond motifs is 1. The van der Waals surface area contributed by atoms with Gasteiger partial charge in [-0.15, -0.1) is 0 Å². The fourth-order valence-corrected chi connectivity index (χ4v) is 2.56. The molecule has 102 valence electrons. The van der Waals surface area contributed by atoms with Gasteiger partial charge in [0.05, 0.1) is 27.6 Å². The van der Waals surface area contributed by atoms with Crippen molar-refractivity contribution < 1.29 is 4.74 Å². The maximum atomic E-state index is 8.79. The molecule has 2 aromatic carbocycles. The molecule has 0 amide bonds. The van der Waals surface area contributed by atoms with Crippen LogP contribution in [0.1, 0.15) is 5.56 Å². The normalized spacial score (nSPS) is 10.3. The molecule has 0 N–H and O–H groups in total. The summed E-state index contributed by atoms with van der Waals surface area (Å²) in [5.74, 6) is 1.21. The van der Waals surface area contributed by atoms with Gasteiger partial charge in [-0.05, 0) is 42.5 Å². The van der Waals surface area contributed by atoms with Crippen molar-refractivity contribution in [2.45, 2.75) is 0 Å². The van der Waals surface area contributed by atoms with Gasteiger partial charge in [0, 0.05) is 11.2 Å². The molecule has 21 heavy (non-hydrogen) atoms. The molecule has 0 atom stereocenters. The molecule has 0 unspecified atom stereocenters. The summed E-state index contributed by atoms with van der Waals surface area (Å²) in [4.78, 5) is 4.24. The van der Waals surface area contributed by atoms with Crippen molar-refractivity contribution in [2.75, 3.05) is 0 Å². The zero-order valence-electron chi connectivity index (χ0n) is 10.7. The molecule has 0 bridgehead atoms. The minimum absolute atomic E-state index is 0.481. The van der Waals surface area contributed by atoms with Crippen LogP contribution >= 0.6 is 23.2 Å². The molecule has 0 aliphatic carbocycles. The number of halogens is 2. The fourth-order valence-electron chi connectivity index (χ4n) is 1.98. The highest BCUT2D eigenvalue weighted by atomic mass is 35.5. The summed E-state index contributed by atoms with van der Waals surface area (Å²) in [5.41, 5.74) is 1.24. The summed E-state index contributed by atoms with van der Waals surface area (Å²) >= 11 is 12.2. The summed E-state index contributed by atoms with van der Waals surface area (Å²) in [5, 5.41) is 10.5. The van der Waals surface area contributed by atoms with Crippen LogP contribution in [-0.2, 0) is 0 Å². The lowest BCUT2D eigenvalue weighted by molar-refractivity contribution is 0.488. The third kappa shape index (κ3) is 2.78. The largest absolute Gasteiger partial charge is 0.457 e. The molecular weight excluding hydrogens is 307 g/mol. The van der Waals surface area contributed by atoms with E-state index in [0.29, 0.717) is 38.0 Å². The van der Waals surface area contributed by atoms with Crippen LogP contribution in [0.15, 0.2) is 48.7 Å². The van der Waals surface area contributed by atoms with Crippen molar-refractivity contribution in [3.05, 3.63) is 64.3 Å². The first-order valence-corrected chi connectivity index (χ1v) is 6.85. The number of hydrogen-bond donors (Lipinski definition) is 0. The topological polar surface area (TPSA) is 45.9 Å². The molecule has 0 radical (unpaired) electrons. The van der Waals surface area contributed by atoms with Gasteiger partial charge in [0.2, 0.25) is 0 Å². The first kappa shape index (κ1) is 13.7. The predicted octanol–water partition coefficient (Wildman–Crippen LogP) is 5.21. The molecule has 0 aliphatic rings. The minimum Gasteiger partial charge on any atom is -0.457 e. The van der Waals surface area contributed by atoms with Crippen molar-refractivity contribution in [3.63, 3.8) is 0 Å². The van der Waals surface area contributed by atoms with Gasteiger partial charge in [0.25, 0.3) is 0 Å². The lowest BCUT2D eigenvalue weighted by Gasteiger charge is -2.10. The Morgan fingerprint density at radius 3 is 2.52 bits per heavy atom. The van der Waals surface area contributed by atoms with Crippen molar-refractivity contribution >= 4 is 34.1 Å². The standard InChI is InChI=1S/C16H8Cl2N2O/c17-11-7-13(18)16-14(8-11)20-6-5-15(16)21-12-3-1-10(9-19)2-4-12/h1-8H. The molecule has 3 nitrogen and oxygen atoms in total. The number of rotatable bonds is 2. The highest BCUT2D eigenvalue weighted by molar-refractivity contribution is 6.39. The fraction of sp³-hybridized carbons (Fsp3) is 0. The second-order valence-electron chi connectivity index (χ2n) is 4.33. The van der Waals surface area contributed by atoms with Crippen molar-refractivity contribution in [1.29, 1.82) is 5.26 Å². The van der Waals surface area contributed by atoms with Crippen LogP contribution in [0.25, 0.3) is 10.9 Å². The van der Waals surface area contributed by atoms with E-state index in [1.165, 1.54) is 0 Å². The summed E-state index contributed by atoms with van der Waals surface area (Å²) in [7, 11) is 0. The number of ether oxygens (including phenoxy) is 1. The van der Waals surface area contributed by atoms with Crippen LogP contribution in [0.3, 0.4) is 0 Å². The van der Waals surface area contributed by atoms with Gasteiger partial charge in [0.15, 0.2) is 0 Å². The quantitative estimate of drug-likeness (QED) is 0.652. The van der Waals surface area contributed by atoms with Crippen LogP contribution in [0.4, 0.5) is 0 Å². The van der Waals surface area contributed by atoms with Gasteiger partial charge in [0.1, 0.15) is 11.5 Å². The molecule has 0 saturated heterocycles. The molecular formula is C16H8Cl2N2O. The Hall–Kier alpha value is -2.28. The lowest BCUT2D eigenvalue weighted by Crippen LogP contribution is -1.89. The average Bonchev–Trinajstić information content (AvgIpc) is 2.47. The van der Waals surface area contributed by atoms with Crippen molar-refractivity contribution in [3.8, 4) is 17.6 Å². The molecule has 1 heterocycles. The molecule has 1 aromatic heterocycles. The van der Waals surface area contributed by atoms with Crippen LogP contribution in [0.5, 0.6) is 11.5 Å². The highest BCUT2D eigenvalue weighted by Crippen LogP contribution is 2.35. The number of nitrogens with zero attached hydrogens (tertiary/aromatic N) is 2. The van der Waals surface area contributed by atoms with E-state index in [-0.39, 0.29) is 0 Å². The molecule has 0 saturated carbocycles. The Morgan fingerprint density at radius 1 is 1.05 bits per heavy atom. The Bertz CT molecular complexity index is 855. The number of pyridine rings is 1. The van der Waals surface area contributed by atoms with Gasteiger partial charge < -0.3 is 4.74 Å². The molecule has 0 fully saturated rings. The Labute approximate surface area is 131 Å². The van der Waals surface area contributed by atoms with E-state index in [1.807, 2.05) is 0 Å². The van der Waals surface area contributed by atoms with E-state index < -0.39 is 0 Å². The molecule has 3 aromatic rings. The van der Waals surface area contributed by atoms with E-state index in [9.17, 15) is 0 Å². The molecule has 3 rings (SSSR count). The summed E-state index contributed by atoms with van der Waals surface area (Å²) in [6, 6.07) is 14.0. The number of benzene rings is 2. The average molecular weight is 315 g/mol. The SMILES string of the molecule is N#Cc1ccc(Oc2ccnc3cc(Cl)cc(Cl)c23)cc1. The smallest absolute Gasteiger partial charge is 0.139 e. The van der Waals surface area contributed by atoms with E-state index in [0.717, 1.165) is 0 Å². The maximum Gasteiger partial charge on any atom is 0.139 e. The van der Waals surface area contributed by atoms with E-state index in [1.54, 1.807) is 48.7 Å². The third-order valence-electron chi connectivity index (χ3n) is 2.93. The molecule has 0 spiro atoms. The maximum absolute atomic E-state index is 8.79. The van der Waals surface area contributed by atoms with Gasteiger partial charge in [-0.25, -0.2) is 0 Å². The second-order valence-corrected chi connectivity index (χ2v) is 5.17. The number of nitriles is 1. The van der Waals surface area contributed by atoms with Crippen LogP contribution in [-0.4, -0.2) is 4.98 Å². The Kier molecular flexibility index (Phi) is 3.66. The minimum atomic E-state index is 0.481. The highest BCUT2D eigenvalue weighted by Gasteiger charge is 2.10. The first-order chi connectivity index (χ1) is 10.2. The predicted molar refractivity (Wildman–Crippen MR) is 83.0 cm³/mol. The van der Waals surface area contributed by atoms with Crippen LogP contribution in [0.2, 0.25) is 10.0 Å². The second kappa shape index (κ2) is 5.61. The zero-order chi connectivity index (χ0) is 14.8. The van der Waals surface area contributed by atoms with Gasteiger partial charge in [-0.1, -0.05) is 23.2 Å². The van der Waals surface area contributed by atoms with Crippen molar-refractivity contribution in [1.82, 2.24) is 4.98 Å². The van der Waals surface area contributed by atoms with Gasteiger partial charge >= 0.3 is 0 Å². The summed E-state index contributed by atoms with van der Waals surface area (Å²) in [6.45, 7) is 0. The first-order valence-electron chi connectivity index (χ1n) is 6.09. The molecule has 0 aliphatic heterocycles. The summed E-state index contributed by atoms with van der Waals surface area (Å²) < 4.78 is 5.83. The third-order valence-corrected chi connectivity index (χ3v) is 3.45. The van der Waals surface area contributed by atoms with E-state index >= 15 is 0 Å². The number of aromatic nitrogens is 1. The van der Waals surface area contributed by atoms with E-state index in [4.69, 9.17) is 33.2 Å². The zero-order valence-corrected chi connectivity index (χ0v) is 12.2. The lowest BCUT2D eigenvalue weighted by atomic mass is 10.2. The summed E-state index contributed by atoms with van der Waals surface area (Å²) in [6.07, 6.45) is 1.63. The Morgan fingerprint density at radius 2 is 1.81 bits per heavy atom. The van der Waals surface area contributed by atoms with Gasteiger partial charge in [-0.2, -0.15) is 5.26 Å². The van der Waals surface area contributed by atoms with Crippen LogP contribution < -0.4 is 4.74 Å². The van der Waals surface area contributed by atoms with Gasteiger partial charge in [-0.3, -0.25) is 4.98 Å². The van der Waals surface area contributed by atoms with E-state index in [2.05, 4.69) is 11.1 Å². The monoisotopic (exact) mass is 314 g/mol. The van der Waals surface area contributed by atoms with Crippen molar-refractivity contribution in [2.24, 2.45) is 0 Å². The number of hydrogen-bond acceptors (Lipinski definition) is 3. The molecule has 5 heteroatoms.